The zero-order chi connectivity index (χ0) is 22.0. The van der Waals surface area contributed by atoms with Crippen LogP contribution in [0.1, 0.15) is 5.56 Å². The summed E-state index contributed by atoms with van der Waals surface area (Å²) in [6, 6.07) is 14.2. The maximum absolute atomic E-state index is 12.3. The molecule has 0 radical (unpaired) electrons. The van der Waals surface area contributed by atoms with Gasteiger partial charge in [0.05, 0.1) is 22.4 Å². The minimum atomic E-state index is -4.52. The van der Waals surface area contributed by atoms with E-state index >= 15 is 0 Å². The van der Waals surface area contributed by atoms with Crippen LogP contribution in [0.25, 0.3) is 16.9 Å². The maximum atomic E-state index is 12.3. The highest BCUT2D eigenvalue weighted by molar-refractivity contribution is 9.10. The van der Waals surface area contributed by atoms with Gasteiger partial charge >= 0.3 is 12.1 Å². The van der Waals surface area contributed by atoms with Crippen molar-refractivity contribution in [1.82, 2.24) is 14.6 Å². The first-order chi connectivity index (χ1) is 14.8. The number of halogens is 4. The van der Waals surface area contributed by atoms with Gasteiger partial charge in [0.15, 0.2) is 18.5 Å². The Kier molecular flexibility index (Phi) is 5.68. The van der Waals surface area contributed by atoms with Crippen molar-refractivity contribution in [2.45, 2.75) is 12.7 Å². The second kappa shape index (κ2) is 8.42. The molecule has 160 valence electrons. The van der Waals surface area contributed by atoms with E-state index in [1.165, 1.54) is 12.1 Å². The van der Waals surface area contributed by atoms with Gasteiger partial charge in [-0.15, -0.1) is 4.73 Å². The number of pyridine rings is 1. The van der Waals surface area contributed by atoms with Crippen LogP contribution in [-0.4, -0.2) is 27.4 Å². The van der Waals surface area contributed by atoms with Crippen LogP contribution in [-0.2, 0) is 6.54 Å². The van der Waals surface area contributed by atoms with E-state index in [0.717, 1.165) is 21.9 Å². The van der Waals surface area contributed by atoms with Crippen LogP contribution in [0, 0.1) is 5.21 Å². The van der Waals surface area contributed by atoms with Gasteiger partial charge in [-0.25, -0.2) is 4.98 Å². The van der Waals surface area contributed by atoms with Gasteiger partial charge in [-0.1, -0.05) is 30.3 Å². The van der Waals surface area contributed by atoms with E-state index in [-0.39, 0.29) is 11.3 Å². The molecule has 0 atom stereocenters. The number of aromatic nitrogens is 4. The van der Waals surface area contributed by atoms with Crippen molar-refractivity contribution in [1.29, 1.82) is 0 Å². The zero-order valence-corrected chi connectivity index (χ0v) is 17.4. The first-order valence-electron chi connectivity index (χ1n) is 9.05. The highest BCUT2D eigenvalue weighted by atomic mass is 79.9. The smallest absolute Gasteiger partial charge is 0.422 e. The molecule has 0 aliphatic heterocycles. The molecule has 0 aliphatic carbocycles. The number of ether oxygens (including phenoxy) is 1. The van der Waals surface area contributed by atoms with Crippen molar-refractivity contribution in [3.63, 3.8) is 0 Å². The Bertz CT molecular complexity index is 1210. The molecule has 1 aromatic carbocycles. The number of alkyl halides is 3. The molecule has 0 unspecified atom stereocenters. The first-order valence-corrected chi connectivity index (χ1v) is 9.85. The van der Waals surface area contributed by atoms with Crippen molar-refractivity contribution >= 4 is 27.4 Å². The Hall–Kier alpha value is -3.34. The first kappa shape index (κ1) is 20.9. The normalized spacial score (nSPS) is 11.6. The largest absolute Gasteiger partial charge is 0.616 e. The lowest BCUT2D eigenvalue weighted by atomic mass is 10.1. The lowest BCUT2D eigenvalue weighted by Crippen LogP contribution is -2.32. The highest BCUT2D eigenvalue weighted by Gasteiger charge is 2.29. The Morgan fingerprint density at radius 2 is 1.94 bits per heavy atom. The molecular formula is C20H15BrF3N5O2. The monoisotopic (exact) mass is 493 g/mol. The highest BCUT2D eigenvalue weighted by Crippen LogP contribution is 2.26. The molecule has 0 aliphatic rings. The van der Waals surface area contributed by atoms with Gasteiger partial charge < -0.3 is 15.3 Å². The zero-order valence-electron chi connectivity index (χ0n) is 15.8. The third-order valence-corrected chi connectivity index (χ3v) is 4.86. The van der Waals surface area contributed by atoms with Crippen LogP contribution in [0.5, 0.6) is 5.88 Å². The Morgan fingerprint density at radius 3 is 2.65 bits per heavy atom. The van der Waals surface area contributed by atoms with E-state index in [1.807, 2.05) is 36.4 Å². The molecule has 31 heavy (non-hydrogen) atoms. The maximum Gasteiger partial charge on any atom is 0.422 e. The number of benzene rings is 1. The van der Waals surface area contributed by atoms with Gasteiger partial charge in [-0.3, -0.25) is 0 Å². The summed E-state index contributed by atoms with van der Waals surface area (Å²) in [6.07, 6.45) is -1.73. The Morgan fingerprint density at radius 1 is 1.16 bits per heavy atom. The van der Waals surface area contributed by atoms with Crippen molar-refractivity contribution in [3.8, 4) is 17.1 Å². The van der Waals surface area contributed by atoms with E-state index in [0.29, 0.717) is 17.0 Å². The van der Waals surface area contributed by atoms with Crippen LogP contribution in [0.3, 0.4) is 0 Å². The predicted molar refractivity (Wildman–Crippen MR) is 110 cm³/mol. The molecule has 0 amide bonds. The van der Waals surface area contributed by atoms with E-state index in [2.05, 4.69) is 36.1 Å². The summed E-state index contributed by atoms with van der Waals surface area (Å²) >= 11 is 3.44. The molecule has 11 heteroatoms. The molecule has 4 aromatic rings. The van der Waals surface area contributed by atoms with Gasteiger partial charge in [0.1, 0.15) is 5.82 Å². The van der Waals surface area contributed by atoms with Gasteiger partial charge in [0.25, 0.3) is 0 Å². The fraction of sp³-hybridized carbons (Fsp3) is 0.150. The molecular weight excluding hydrogens is 479 g/mol. The average Bonchev–Trinajstić information content (AvgIpc) is 3.12. The number of hydrogen-bond donors (Lipinski definition) is 1. The number of rotatable bonds is 6. The fourth-order valence-corrected chi connectivity index (χ4v) is 3.24. The van der Waals surface area contributed by atoms with Crippen LogP contribution in [0.4, 0.5) is 19.0 Å². The molecule has 0 saturated carbocycles. The summed E-state index contributed by atoms with van der Waals surface area (Å²) in [5.74, 6) is 0.208. The third-order valence-electron chi connectivity index (χ3n) is 4.30. The number of nitrogens with zero attached hydrogens (tertiary/aromatic N) is 4. The molecule has 3 aromatic heterocycles. The molecule has 0 bridgehead atoms. The standard InChI is InChI=1S/C20H15BrF3N5O2/c21-15-10-26-29-17(8-16(27-19(15)29)14-4-2-1-3-5-14)25-9-13-6-7-18(28(30)11-13)31-12-20(22,23)24/h1-8,10-11,25H,9,12H2. The number of nitrogens with one attached hydrogen (secondary N) is 1. The molecule has 0 saturated heterocycles. The van der Waals surface area contributed by atoms with Gasteiger partial charge in [0, 0.05) is 23.7 Å². The predicted octanol–water partition coefficient (Wildman–Crippen LogP) is 4.35. The number of fused-ring (bicyclic) bond motifs is 1. The topological polar surface area (TPSA) is 78.4 Å². The summed E-state index contributed by atoms with van der Waals surface area (Å²) in [5, 5.41) is 19.5. The van der Waals surface area contributed by atoms with E-state index in [1.54, 1.807) is 10.7 Å². The lowest BCUT2D eigenvalue weighted by Gasteiger charge is -2.12. The van der Waals surface area contributed by atoms with Gasteiger partial charge in [-0.2, -0.15) is 22.8 Å². The molecule has 1 N–H and O–H groups in total. The van der Waals surface area contributed by atoms with E-state index in [9.17, 15) is 18.4 Å². The number of anilines is 1. The second-order valence-corrected chi connectivity index (χ2v) is 7.43. The van der Waals surface area contributed by atoms with Gasteiger partial charge in [-0.05, 0) is 22.0 Å². The third kappa shape index (κ3) is 4.88. The van der Waals surface area contributed by atoms with E-state index in [4.69, 9.17) is 0 Å². The molecule has 0 spiro atoms. The van der Waals surface area contributed by atoms with Crippen LogP contribution >= 0.6 is 15.9 Å². The van der Waals surface area contributed by atoms with Crippen molar-refractivity contribution < 1.29 is 22.6 Å². The Balaban J connectivity index is 1.57. The molecule has 3 heterocycles. The average molecular weight is 494 g/mol. The SMILES string of the molecule is [O-][n+]1cc(CNc2cc(-c3ccccc3)nc3c(Br)cnn23)ccc1OCC(F)(F)F. The minimum Gasteiger partial charge on any atom is -0.616 e. The van der Waals surface area contributed by atoms with Crippen LogP contribution in [0.2, 0.25) is 0 Å². The van der Waals surface area contributed by atoms with E-state index < -0.39 is 18.7 Å². The fourth-order valence-electron chi connectivity index (χ4n) is 2.89. The van der Waals surface area contributed by atoms with Crippen LogP contribution in [0.15, 0.2) is 65.4 Å². The van der Waals surface area contributed by atoms with Crippen LogP contribution < -0.4 is 14.8 Å². The number of hydrogen-bond acceptors (Lipinski definition) is 5. The summed E-state index contributed by atoms with van der Waals surface area (Å²) in [4.78, 5) is 4.64. The summed E-state index contributed by atoms with van der Waals surface area (Å²) < 4.78 is 44.0. The molecule has 0 fully saturated rings. The Labute approximate surface area is 182 Å². The van der Waals surface area contributed by atoms with Crippen molar-refractivity contribution in [2.75, 3.05) is 11.9 Å². The summed E-state index contributed by atoms with van der Waals surface area (Å²) in [6.45, 7) is -1.30. The van der Waals surface area contributed by atoms with Crippen molar-refractivity contribution in [2.24, 2.45) is 0 Å². The minimum absolute atomic E-state index is 0.229. The van der Waals surface area contributed by atoms with Crippen molar-refractivity contribution in [3.05, 3.63) is 76.2 Å². The second-order valence-electron chi connectivity index (χ2n) is 6.58. The van der Waals surface area contributed by atoms with Gasteiger partial charge in [0.2, 0.25) is 0 Å². The quantitative estimate of drug-likeness (QED) is 0.319. The molecule has 7 nitrogen and oxygen atoms in total. The lowest BCUT2D eigenvalue weighted by molar-refractivity contribution is -0.614. The summed E-state index contributed by atoms with van der Waals surface area (Å²) in [5.41, 5.74) is 2.81. The summed E-state index contributed by atoms with van der Waals surface area (Å²) in [7, 11) is 0. The molecule has 4 rings (SSSR count).